The second-order valence-corrected chi connectivity index (χ2v) is 2.81. The number of nitrogens with zero attached hydrogens (tertiary/aromatic N) is 3. The van der Waals surface area contributed by atoms with E-state index in [4.69, 9.17) is 0 Å². The van der Waals surface area contributed by atoms with Crippen molar-refractivity contribution in [1.29, 1.82) is 0 Å². The molecule has 1 aliphatic rings. The third-order valence-electron chi connectivity index (χ3n) is 1.83. The van der Waals surface area contributed by atoms with E-state index in [-0.39, 0.29) is 5.69 Å². The van der Waals surface area contributed by atoms with Gasteiger partial charge < -0.3 is 4.74 Å². The third-order valence-corrected chi connectivity index (χ3v) is 1.83. The van der Waals surface area contributed by atoms with Crippen LogP contribution >= 0.6 is 0 Å². The largest absolute Gasteiger partial charge is 0.464 e. The lowest BCUT2D eigenvalue weighted by Gasteiger charge is -1.91. The Morgan fingerprint density at radius 3 is 3.08 bits per heavy atom. The topological polar surface area (TPSA) is 57.0 Å². The molecule has 1 aromatic heterocycles. The molecule has 0 radical (unpaired) electrons. The van der Waals surface area contributed by atoms with Gasteiger partial charge in [0, 0.05) is 0 Å². The lowest BCUT2D eigenvalue weighted by Crippen LogP contribution is -2.01. The number of hydrogen-bond acceptors (Lipinski definition) is 4. The van der Waals surface area contributed by atoms with Gasteiger partial charge in [0.05, 0.1) is 19.3 Å². The van der Waals surface area contributed by atoms with Crippen LogP contribution < -0.4 is 0 Å². The summed E-state index contributed by atoms with van der Waals surface area (Å²) < 4.78 is 6.21. The van der Waals surface area contributed by atoms with Crippen LogP contribution in [-0.2, 0) is 4.74 Å². The fourth-order valence-corrected chi connectivity index (χ4v) is 0.992. The smallest absolute Gasteiger partial charge is 0.360 e. The van der Waals surface area contributed by atoms with Gasteiger partial charge in [-0.15, -0.1) is 5.10 Å². The first-order valence-electron chi connectivity index (χ1n) is 3.81. The first-order chi connectivity index (χ1) is 5.81. The van der Waals surface area contributed by atoms with Crippen LogP contribution in [0.2, 0.25) is 0 Å². The summed E-state index contributed by atoms with van der Waals surface area (Å²) in [5.74, 6) is -0.429. The number of methoxy groups -OCH3 is 1. The summed E-state index contributed by atoms with van der Waals surface area (Å²) in [6.45, 7) is 0. The van der Waals surface area contributed by atoms with E-state index < -0.39 is 5.97 Å². The zero-order valence-corrected chi connectivity index (χ0v) is 6.73. The molecule has 0 unspecified atom stereocenters. The average molecular weight is 167 g/mol. The number of ether oxygens (including phenoxy) is 1. The summed E-state index contributed by atoms with van der Waals surface area (Å²) in [5, 5.41) is 7.50. The minimum absolute atomic E-state index is 0.282. The van der Waals surface area contributed by atoms with Gasteiger partial charge in [0.1, 0.15) is 0 Å². The van der Waals surface area contributed by atoms with Crippen LogP contribution in [0.15, 0.2) is 6.20 Å². The highest BCUT2D eigenvalue weighted by Gasteiger charge is 2.25. The van der Waals surface area contributed by atoms with Crippen molar-refractivity contribution in [1.82, 2.24) is 15.0 Å². The summed E-state index contributed by atoms with van der Waals surface area (Å²) in [5.41, 5.74) is 0.282. The standard InChI is InChI=1S/C7H9N3O2/c1-12-7(11)6-4-10(9-8-6)5-2-3-5/h4-5H,2-3H2,1H3. The van der Waals surface area contributed by atoms with Gasteiger partial charge in [-0.05, 0) is 12.8 Å². The van der Waals surface area contributed by atoms with Crippen molar-refractivity contribution in [3.05, 3.63) is 11.9 Å². The van der Waals surface area contributed by atoms with Crippen LogP contribution in [0, 0.1) is 0 Å². The average Bonchev–Trinajstić information content (AvgIpc) is 2.83. The normalized spacial score (nSPS) is 16.1. The van der Waals surface area contributed by atoms with Crippen molar-refractivity contribution >= 4 is 5.97 Å². The number of carbonyl (C=O) groups is 1. The predicted octanol–water partition coefficient (Wildman–Crippen LogP) is 0.400. The highest BCUT2D eigenvalue weighted by atomic mass is 16.5. The van der Waals surface area contributed by atoms with E-state index in [0.717, 1.165) is 12.8 Å². The monoisotopic (exact) mass is 167 g/mol. The number of carbonyl (C=O) groups excluding carboxylic acids is 1. The van der Waals surface area contributed by atoms with E-state index in [1.54, 1.807) is 10.9 Å². The maximum absolute atomic E-state index is 10.9. The Hall–Kier alpha value is -1.39. The number of aromatic nitrogens is 3. The molecule has 64 valence electrons. The maximum Gasteiger partial charge on any atom is 0.360 e. The third kappa shape index (κ3) is 1.17. The highest BCUT2D eigenvalue weighted by Crippen LogP contribution is 2.33. The molecule has 0 aromatic carbocycles. The van der Waals surface area contributed by atoms with Crippen molar-refractivity contribution in [3.8, 4) is 0 Å². The van der Waals surface area contributed by atoms with Crippen LogP contribution in [0.25, 0.3) is 0 Å². The number of hydrogen-bond donors (Lipinski definition) is 0. The van der Waals surface area contributed by atoms with Crippen molar-refractivity contribution in [2.75, 3.05) is 7.11 Å². The molecule has 1 fully saturated rings. The summed E-state index contributed by atoms with van der Waals surface area (Å²) in [7, 11) is 1.33. The molecule has 1 heterocycles. The Morgan fingerprint density at radius 2 is 2.50 bits per heavy atom. The zero-order chi connectivity index (χ0) is 8.55. The van der Waals surface area contributed by atoms with E-state index in [2.05, 4.69) is 15.0 Å². The van der Waals surface area contributed by atoms with Crippen molar-refractivity contribution in [2.24, 2.45) is 0 Å². The van der Waals surface area contributed by atoms with E-state index in [9.17, 15) is 4.79 Å². The Bertz CT molecular complexity index is 303. The van der Waals surface area contributed by atoms with Gasteiger partial charge in [0.25, 0.3) is 0 Å². The van der Waals surface area contributed by atoms with Crippen LogP contribution in [0.3, 0.4) is 0 Å². The molecule has 12 heavy (non-hydrogen) atoms. The van der Waals surface area contributed by atoms with Crippen LogP contribution in [-0.4, -0.2) is 28.1 Å². The van der Waals surface area contributed by atoms with Crippen LogP contribution in [0.5, 0.6) is 0 Å². The van der Waals surface area contributed by atoms with Gasteiger partial charge in [-0.2, -0.15) is 0 Å². The molecular weight excluding hydrogens is 158 g/mol. The molecule has 1 aromatic rings. The fourth-order valence-electron chi connectivity index (χ4n) is 0.992. The second-order valence-electron chi connectivity index (χ2n) is 2.81. The number of rotatable bonds is 2. The van der Waals surface area contributed by atoms with Crippen molar-refractivity contribution in [3.63, 3.8) is 0 Å². The molecule has 0 N–H and O–H groups in total. The quantitative estimate of drug-likeness (QED) is 0.598. The van der Waals surface area contributed by atoms with Gasteiger partial charge in [-0.25, -0.2) is 9.48 Å². The van der Waals surface area contributed by atoms with Gasteiger partial charge >= 0.3 is 5.97 Å². The SMILES string of the molecule is COC(=O)c1cn(C2CC2)nn1. The Balaban J connectivity index is 2.17. The second kappa shape index (κ2) is 2.58. The molecule has 1 aliphatic carbocycles. The van der Waals surface area contributed by atoms with E-state index >= 15 is 0 Å². The lowest BCUT2D eigenvalue weighted by atomic mass is 10.5. The van der Waals surface area contributed by atoms with Crippen LogP contribution in [0.4, 0.5) is 0 Å². The van der Waals surface area contributed by atoms with Crippen molar-refractivity contribution < 1.29 is 9.53 Å². The molecule has 0 saturated heterocycles. The minimum atomic E-state index is -0.429. The molecule has 0 bridgehead atoms. The fraction of sp³-hybridized carbons (Fsp3) is 0.571. The van der Waals surface area contributed by atoms with E-state index in [1.807, 2.05) is 0 Å². The Kier molecular flexibility index (Phi) is 1.56. The lowest BCUT2D eigenvalue weighted by molar-refractivity contribution is 0.0594. The predicted molar refractivity (Wildman–Crippen MR) is 39.6 cm³/mol. The molecule has 0 atom stereocenters. The van der Waals surface area contributed by atoms with Gasteiger partial charge in [0.15, 0.2) is 5.69 Å². The molecular formula is C7H9N3O2. The summed E-state index contributed by atoms with van der Waals surface area (Å²) in [4.78, 5) is 10.9. The summed E-state index contributed by atoms with van der Waals surface area (Å²) in [6, 6.07) is 0.455. The Labute approximate surface area is 69.3 Å². The summed E-state index contributed by atoms with van der Waals surface area (Å²) >= 11 is 0. The van der Waals surface area contributed by atoms with Crippen LogP contribution in [0.1, 0.15) is 29.4 Å². The van der Waals surface area contributed by atoms with Crippen molar-refractivity contribution in [2.45, 2.75) is 18.9 Å². The molecule has 5 heteroatoms. The minimum Gasteiger partial charge on any atom is -0.464 e. The molecule has 0 aliphatic heterocycles. The first kappa shape index (κ1) is 7.27. The molecule has 0 spiro atoms. The number of esters is 1. The van der Waals surface area contributed by atoms with Gasteiger partial charge in [-0.1, -0.05) is 5.21 Å². The molecule has 5 nitrogen and oxygen atoms in total. The van der Waals surface area contributed by atoms with Gasteiger partial charge in [-0.3, -0.25) is 0 Å². The molecule has 1 saturated carbocycles. The molecule has 0 amide bonds. The zero-order valence-electron chi connectivity index (χ0n) is 6.73. The first-order valence-corrected chi connectivity index (χ1v) is 3.81. The van der Waals surface area contributed by atoms with E-state index in [0.29, 0.717) is 6.04 Å². The maximum atomic E-state index is 10.9. The summed E-state index contributed by atoms with van der Waals surface area (Å²) in [6.07, 6.45) is 3.89. The van der Waals surface area contributed by atoms with Gasteiger partial charge in [0.2, 0.25) is 0 Å². The Morgan fingerprint density at radius 1 is 1.75 bits per heavy atom. The highest BCUT2D eigenvalue weighted by molar-refractivity contribution is 5.86. The molecule has 2 rings (SSSR count). The van der Waals surface area contributed by atoms with E-state index in [1.165, 1.54) is 7.11 Å².